The van der Waals surface area contributed by atoms with Gasteiger partial charge in [-0.3, -0.25) is 4.79 Å². The second-order valence-corrected chi connectivity index (χ2v) is 5.00. The molecule has 0 bridgehead atoms. The van der Waals surface area contributed by atoms with Crippen molar-refractivity contribution in [3.8, 4) is 0 Å². The van der Waals surface area contributed by atoms with Gasteiger partial charge in [0.1, 0.15) is 11.6 Å². The molecule has 0 heterocycles. The Bertz CT molecular complexity index is 496. The fraction of sp³-hybridized carbons (Fsp3) is 0.462. The van der Waals surface area contributed by atoms with Gasteiger partial charge in [0.2, 0.25) is 0 Å². The molecule has 1 N–H and O–H groups in total. The molecule has 2 rings (SSSR count). The van der Waals surface area contributed by atoms with E-state index in [1.165, 1.54) is 4.90 Å². The third-order valence-electron chi connectivity index (χ3n) is 3.40. The number of carboxylic acid groups (broad SMARTS) is 1. The van der Waals surface area contributed by atoms with Gasteiger partial charge in [0, 0.05) is 25.1 Å². The van der Waals surface area contributed by atoms with Gasteiger partial charge >= 0.3 is 5.97 Å². The molecule has 0 saturated heterocycles. The average molecular weight is 255 g/mol. The normalized spacial score (nSPS) is 16.4. The van der Waals surface area contributed by atoms with Crippen LogP contribution in [0.5, 0.6) is 0 Å². The predicted molar refractivity (Wildman–Crippen MR) is 63.8 cm³/mol. The number of benzene rings is 1. The first kappa shape index (κ1) is 12.8. The molecule has 5 heteroatoms. The standard InChI is InChI=1S/C13H15F2NO2/c1-16(2)12-9(15)4-3-8(14)11(12)13(5-6-13)7-10(17)18/h3-4H,5-7H2,1-2H3,(H,17,18). The van der Waals surface area contributed by atoms with Crippen molar-refractivity contribution in [1.82, 2.24) is 0 Å². The highest BCUT2D eigenvalue weighted by Crippen LogP contribution is 2.54. The molecule has 0 radical (unpaired) electrons. The van der Waals surface area contributed by atoms with Crippen LogP contribution in [0.3, 0.4) is 0 Å². The molecule has 18 heavy (non-hydrogen) atoms. The zero-order valence-electron chi connectivity index (χ0n) is 10.3. The lowest BCUT2D eigenvalue weighted by atomic mass is 9.90. The van der Waals surface area contributed by atoms with Crippen LogP contribution in [-0.4, -0.2) is 25.2 Å². The van der Waals surface area contributed by atoms with E-state index >= 15 is 0 Å². The number of anilines is 1. The Balaban J connectivity index is 2.56. The fourth-order valence-electron chi connectivity index (χ4n) is 2.44. The summed E-state index contributed by atoms with van der Waals surface area (Å²) in [7, 11) is 3.25. The summed E-state index contributed by atoms with van der Waals surface area (Å²) in [5, 5.41) is 8.91. The lowest BCUT2D eigenvalue weighted by molar-refractivity contribution is -0.137. The summed E-state index contributed by atoms with van der Waals surface area (Å²) in [5.74, 6) is -2.03. The molecular formula is C13H15F2NO2. The van der Waals surface area contributed by atoms with E-state index in [0.717, 1.165) is 12.1 Å². The lowest BCUT2D eigenvalue weighted by Gasteiger charge is -2.24. The molecule has 3 nitrogen and oxygen atoms in total. The number of rotatable bonds is 4. The second-order valence-electron chi connectivity index (χ2n) is 5.00. The Morgan fingerprint density at radius 1 is 1.33 bits per heavy atom. The van der Waals surface area contributed by atoms with Gasteiger partial charge in [-0.05, 0) is 25.0 Å². The molecule has 1 fully saturated rings. The quantitative estimate of drug-likeness (QED) is 0.898. The SMILES string of the molecule is CN(C)c1c(F)ccc(F)c1C1(CC(=O)O)CC1. The molecule has 0 atom stereocenters. The van der Waals surface area contributed by atoms with Crippen LogP contribution >= 0.6 is 0 Å². The van der Waals surface area contributed by atoms with Crippen molar-refractivity contribution in [2.24, 2.45) is 0 Å². The van der Waals surface area contributed by atoms with Crippen molar-refractivity contribution in [2.45, 2.75) is 24.7 Å². The number of halogens is 2. The number of hydrogen-bond acceptors (Lipinski definition) is 2. The van der Waals surface area contributed by atoms with Gasteiger partial charge in [0.05, 0.1) is 12.1 Å². The predicted octanol–water partition coefficient (Wildman–Crippen LogP) is 2.54. The largest absolute Gasteiger partial charge is 0.481 e. The molecule has 1 aromatic carbocycles. The maximum absolute atomic E-state index is 14.0. The Morgan fingerprint density at radius 2 is 1.89 bits per heavy atom. The van der Waals surface area contributed by atoms with Crippen LogP contribution in [0.2, 0.25) is 0 Å². The topological polar surface area (TPSA) is 40.5 Å². The Labute approximate surface area is 104 Å². The number of hydrogen-bond donors (Lipinski definition) is 1. The van der Waals surface area contributed by atoms with Crippen LogP contribution in [0.1, 0.15) is 24.8 Å². The van der Waals surface area contributed by atoms with Gasteiger partial charge in [-0.15, -0.1) is 0 Å². The molecule has 1 aromatic rings. The van der Waals surface area contributed by atoms with Crippen molar-refractivity contribution >= 4 is 11.7 Å². The van der Waals surface area contributed by atoms with Crippen molar-refractivity contribution in [1.29, 1.82) is 0 Å². The van der Waals surface area contributed by atoms with Crippen LogP contribution in [0.25, 0.3) is 0 Å². The third kappa shape index (κ3) is 2.05. The summed E-state index contributed by atoms with van der Waals surface area (Å²) in [6.07, 6.45) is 1.01. The van der Waals surface area contributed by atoms with E-state index in [9.17, 15) is 13.6 Å². The van der Waals surface area contributed by atoms with E-state index in [-0.39, 0.29) is 17.7 Å². The zero-order chi connectivity index (χ0) is 13.5. The van der Waals surface area contributed by atoms with E-state index in [2.05, 4.69) is 0 Å². The second kappa shape index (κ2) is 4.23. The van der Waals surface area contributed by atoms with Gasteiger partial charge in [0.15, 0.2) is 0 Å². The van der Waals surface area contributed by atoms with Crippen molar-refractivity contribution < 1.29 is 18.7 Å². The molecule has 0 aromatic heterocycles. The summed E-state index contributed by atoms with van der Waals surface area (Å²) in [6, 6.07) is 2.14. The van der Waals surface area contributed by atoms with Crippen LogP contribution in [0, 0.1) is 11.6 Å². The summed E-state index contributed by atoms with van der Waals surface area (Å²) in [5.41, 5.74) is -0.374. The van der Waals surface area contributed by atoms with E-state index in [1.54, 1.807) is 14.1 Å². The molecule has 1 saturated carbocycles. The molecule has 1 aliphatic carbocycles. The summed E-state index contributed by atoms with van der Waals surface area (Å²) in [4.78, 5) is 12.4. The highest BCUT2D eigenvalue weighted by molar-refractivity contribution is 5.72. The van der Waals surface area contributed by atoms with Gasteiger partial charge in [-0.2, -0.15) is 0 Å². The summed E-state index contributed by atoms with van der Waals surface area (Å²) >= 11 is 0. The molecular weight excluding hydrogens is 240 g/mol. The summed E-state index contributed by atoms with van der Waals surface area (Å²) in [6.45, 7) is 0. The Hall–Kier alpha value is -1.65. The maximum Gasteiger partial charge on any atom is 0.304 e. The van der Waals surface area contributed by atoms with E-state index in [1.807, 2.05) is 0 Å². The zero-order valence-corrected chi connectivity index (χ0v) is 10.3. The first-order valence-corrected chi connectivity index (χ1v) is 5.75. The number of aliphatic carboxylic acids is 1. The van der Waals surface area contributed by atoms with Crippen molar-refractivity contribution in [3.05, 3.63) is 29.3 Å². The fourth-order valence-corrected chi connectivity index (χ4v) is 2.44. The van der Waals surface area contributed by atoms with E-state index in [0.29, 0.717) is 12.8 Å². The van der Waals surface area contributed by atoms with E-state index in [4.69, 9.17) is 5.11 Å². The molecule has 98 valence electrons. The van der Waals surface area contributed by atoms with E-state index < -0.39 is 23.0 Å². The lowest BCUT2D eigenvalue weighted by Crippen LogP contribution is -2.22. The minimum absolute atomic E-state index is 0.159. The van der Waals surface area contributed by atoms with Gasteiger partial charge in [-0.25, -0.2) is 8.78 Å². The first-order valence-electron chi connectivity index (χ1n) is 5.75. The third-order valence-corrected chi connectivity index (χ3v) is 3.40. The average Bonchev–Trinajstić information content (AvgIpc) is 3.00. The minimum atomic E-state index is -0.985. The highest BCUT2D eigenvalue weighted by Gasteiger charge is 2.49. The van der Waals surface area contributed by atoms with Gasteiger partial charge in [0.25, 0.3) is 0 Å². The highest BCUT2D eigenvalue weighted by atomic mass is 19.1. The Morgan fingerprint density at radius 3 is 2.33 bits per heavy atom. The first-order chi connectivity index (χ1) is 8.37. The Kier molecular flexibility index (Phi) is 3.00. The summed E-state index contributed by atoms with van der Waals surface area (Å²) < 4.78 is 27.8. The smallest absolute Gasteiger partial charge is 0.304 e. The molecule has 0 unspecified atom stereocenters. The van der Waals surface area contributed by atoms with Gasteiger partial charge in [-0.1, -0.05) is 0 Å². The maximum atomic E-state index is 14.0. The number of nitrogens with zero attached hydrogens (tertiary/aromatic N) is 1. The van der Waals surface area contributed by atoms with Crippen LogP contribution in [0.4, 0.5) is 14.5 Å². The minimum Gasteiger partial charge on any atom is -0.481 e. The molecule has 0 amide bonds. The molecule has 0 aliphatic heterocycles. The van der Waals surface area contributed by atoms with Crippen LogP contribution < -0.4 is 4.90 Å². The number of carboxylic acids is 1. The van der Waals surface area contributed by atoms with Gasteiger partial charge < -0.3 is 10.0 Å². The molecule has 0 spiro atoms. The van der Waals surface area contributed by atoms with Crippen LogP contribution in [0.15, 0.2) is 12.1 Å². The monoisotopic (exact) mass is 255 g/mol. The van der Waals surface area contributed by atoms with Crippen molar-refractivity contribution in [2.75, 3.05) is 19.0 Å². The van der Waals surface area contributed by atoms with Crippen molar-refractivity contribution in [3.63, 3.8) is 0 Å². The molecule has 1 aliphatic rings. The number of carbonyl (C=O) groups is 1. The van der Waals surface area contributed by atoms with Crippen LogP contribution in [-0.2, 0) is 10.2 Å².